The maximum atomic E-state index is 12.7. The highest BCUT2D eigenvalue weighted by Crippen LogP contribution is 2.43. The Kier molecular flexibility index (Phi) is 4.35. The Morgan fingerprint density at radius 2 is 1.56 bits per heavy atom. The molecule has 0 aliphatic rings. The molecule has 1 aromatic rings. The zero-order valence-corrected chi connectivity index (χ0v) is 10.8. The molecule has 0 unspecified atom stereocenters. The van der Waals surface area contributed by atoms with Gasteiger partial charge in [-0.2, -0.15) is 26.3 Å². The quantitative estimate of drug-likeness (QED) is 0.516. The van der Waals surface area contributed by atoms with Crippen molar-refractivity contribution in [1.29, 1.82) is 0 Å². The monoisotopic (exact) mass is 334 g/mol. The van der Waals surface area contributed by atoms with E-state index in [0.29, 0.717) is 6.07 Å². The van der Waals surface area contributed by atoms with Gasteiger partial charge in [0.25, 0.3) is 0 Å². The molecule has 0 aromatic heterocycles. The van der Waals surface area contributed by atoms with Gasteiger partial charge in [0, 0.05) is 5.33 Å². The van der Waals surface area contributed by atoms with Crippen LogP contribution in [0.15, 0.2) is 12.1 Å². The summed E-state index contributed by atoms with van der Waals surface area (Å²) < 4.78 is 76.3. The first-order valence-electron chi connectivity index (χ1n) is 4.97. The molecule has 1 aromatic carbocycles. The van der Waals surface area contributed by atoms with Gasteiger partial charge in [-0.05, 0) is 23.6 Å². The molecule has 0 saturated carbocycles. The van der Waals surface area contributed by atoms with Crippen LogP contribution in [0.2, 0.25) is 0 Å². The van der Waals surface area contributed by atoms with Gasteiger partial charge in [-0.1, -0.05) is 28.9 Å². The zero-order valence-electron chi connectivity index (χ0n) is 9.21. The normalized spacial score (nSPS) is 12.9. The molecule has 7 heteroatoms. The summed E-state index contributed by atoms with van der Waals surface area (Å²) >= 11 is 2.80. The largest absolute Gasteiger partial charge is 0.417 e. The molecule has 0 radical (unpaired) electrons. The summed E-state index contributed by atoms with van der Waals surface area (Å²) in [7, 11) is 0. The minimum atomic E-state index is -5.03. The Bertz CT molecular complexity index is 432. The number of hydrogen-bond acceptors (Lipinski definition) is 0. The van der Waals surface area contributed by atoms with Crippen molar-refractivity contribution in [3.63, 3.8) is 0 Å². The molecule has 0 aliphatic heterocycles. The van der Waals surface area contributed by atoms with Crippen LogP contribution in [-0.4, -0.2) is 0 Å². The molecule has 0 heterocycles. The van der Waals surface area contributed by atoms with Crippen molar-refractivity contribution in [2.45, 2.75) is 31.0 Å². The van der Waals surface area contributed by atoms with E-state index in [1.807, 2.05) is 0 Å². The second-order valence-corrected chi connectivity index (χ2v) is 4.22. The molecule has 0 amide bonds. The van der Waals surface area contributed by atoms with Gasteiger partial charge in [0.1, 0.15) is 0 Å². The summed E-state index contributed by atoms with van der Waals surface area (Å²) in [5, 5.41) is -0.279. The number of hydrogen-bond donors (Lipinski definition) is 0. The molecule has 0 bridgehead atoms. The van der Waals surface area contributed by atoms with Crippen molar-refractivity contribution in [2.24, 2.45) is 0 Å². The highest BCUT2D eigenvalue weighted by atomic mass is 79.9. The van der Waals surface area contributed by atoms with E-state index in [2.05, 4.69) is 15.9 Å². The van der Waals surface area contributed by atoms with Crippen LogP contribution in [0, 0.1) is 0 Å². The lowest BCUT2D eigenvalue weighted by molar-refractivity contribution is -0.162. The second-order valence-electron chi connectivity index (χ2n) is 3.66. The Balaban J connectivity index is 3.64. The van der Waals surface area contributed by atoms with E-state index < -0.39 is 29.0 Å². The first kappa shape index (κ1) is 15.3. The standard InChI is InChI=1S/C11H9BrF6/c1-2-6-3-7(5-12)9(11(16,17)18)8(4-6)10(13,14)15/h3-4H,2,5H2,1H3. The summed E-state index contributed by atoms with van der Waals surface area (Å²) in [6.07, 6.45) is -9.81. The van der Waals surface area contributed by atoms with Crippen molar-refractivity contribution in [2.75, 3.05) is 0 Å². The molecule has 0 atom stereocenters. The van der Waals surface area contributed by atoms with E-state index in [0.717, 1.165) is 6.07 Å². The summed E-state index contributed by atoms with van der Waals surface area (Å²) in [5.41, 5.74) is -3.40. The fourth-order valence-electron chi connectivity index (χ4n) is 1.64. The molecule has 0 spiro atoms. The molecule has 0 saturated heterocycles. The Morgan fingerprint density at radius 3 is 1.89 bits per heavy atom. The minimum absolute atomic E-state index is 0.227. The van der Waals surface area contributed by atoms with Crippen LogP contribution in [0.3, 0.4) is 0 Å². The van der Waals surface area contributed by atoms with Crippen LogP contribution in [-0.2, 0) is 24.1 Å². The van der Waals surface area contributed by atoms with Crippen LogP contribution in [0.4, 0.5) is 26.3 Å². The third-order valence-electron chi connectivity index (χ3n) is 2.42. The van der Waals surface area contributed by atoms with E-state index in [1.165, 1.54) is 0 Å². The van der Waals surface area contributed by atoms with Crippen LogP contribution < -0.4 is 0 Å². The van der Waals surface area contributed by atoms with E-state index in [9.17, 15) is 26.3 Å². The molecule has 102 valence electrons. The number of rotatable bonds is 2. The van der Waals surface area contributed by atoms with Gasteiger partial charge in [0.15, 0.2) is 0 Å². The summed E-state index contributed by atoms with van der Waals surface area (Å²) in [6.45, 7) is 1.58. The van der Waals surface area contributed by atoms with Gasteiger partial charge in [0.05, 0.1) is 11.1 Å². The maximum Gasteiger partial charge on any atom is 0.417 e. The fraction of sp³-hybridized carbons (Fsp3) is 0.455. The van der Waals surface area contributed by atoms with Gasteiger partial charge in [-0.3, -0.25) is 0 Å². The van der Waals surface area contributed by atoms with Gasteiger partial charge < -0.3 is 0 Å². The zero-order chi connectivity index (χ0) is 14.1. The molecule has 1 rings (SSSR count). The molecular formula is C11H9BrF6. The van der Waals surface area contributed by atoms with Gasteiger partial charge >= 0.3 is 12.4 Å². The Hall–Kier alpha value is -0.720. The summed E-state index contributed by atoms with van der Waals surface area (Å²) in [4.78, 5) is 0. The third-order valence-corrected chi connectivity index (χ3v) is 3.03. The minimum Gasteiger partial charge on any atom is -0.166 e. The fourth-order valence-corrected chi connectivity index (χ4v) is 2.08. The topological polar surface area (TPSA) is 0 Å². The second kappa shape index (κ2) is 5.11. The third kappa shape index (κ3) is 3.18. The number of alkyl halides is 7. The average molecular weight is 335 g/mol. The van der Waals surface area contributed by atoms with Crippen molar-refractivity contribution in [1.82, 2.24) is 0 Å². The predicted octanol–water partition coefficient (Wildman–Crippen LogP) is 5.18. The lowest BCUT2D eigenvalue weighted by Crippen LogP contribution is -2.19. The van der Waals surface area contributed by atoms with E-state index in [-0.39, 0.29) is 17.3 Å². The number of aryl methyl sites for hydroxylation is 1. The maximum absolute atomic E-state index is 12.7. The summed E-state index contributed by atoms with van der Waals surface area (Å²) in [6, 6.07) is 1.71. The first-order chi connectivity index (χ1) is 8.11. The summed E-state index contributed by atoms with van der Waals surface area (Å²) in [5.74, 6) is 0. The lowest BCUT2D eigenvalue weighted by atomic mass is 9.96. The lowest BCUT2D eigenvalue weighted by Gasteiger charge is -2.19. The van der Waals surface area contributed by atoms with Crippen LogP contribution >= 0.6 is 15.9 Å². The van der Waals surface area contributed by atoms with Crippen molar-refractivity contribution < 1.29 is 26.3 Å². The highest BCUT2D eigenvalue weighted by molar-refractivity contribution is 9.08. The average Bonchev–Trinajstić information content (AvgIpc) is 2.24. The van der Waals surface area contributed by atoms with Crippen molar-refractivity contribution >= 4 is 15.9 Å². The van der Waals surface area contributed by atoms with Crippen molar-refractivity contribution in [3.8, 4) is 0 Å². The van der Waals surface area contributed by atoms with E-state index in [1.54, 1.807) is 6.92 Å². The van der Waals surface area contributed by atoms with Gasteiger partial charge in [0.2, 0.25) is 0 Å². The first-order valence-corrected chi connectivity index (χ1v) is 6.09. The molecule has 0 fully saturated rings. The predicted molar refractivity (Wildman–Crippen MR) is 58.5 cm³/mol. The number of benzene rings is 1. The molecular weight excluding hydrogens is 326 g/mol. The van der Waals surface area contributed by atoms with Gasteiger partial charge in [-0.25, -0.2) is 0 Å². The van der Waals surface area contributed by atoms with E-state index in [4.69, 9.17) is 0 Å². The van der Waals surface area contributed by atoms with Crippen molar-refractivity contribution in [3.05, 3.63) is 34.4 Å². The van der Waals surface area contributed by atoms with Crippen LogP contribution in [0.5, 0.6) is 0 Å². The Morgan fingerprint density at radius 1 is 1.00 bits per heavy atom. The van der Waals surface area contributed by atoms with Gasteiger partial charge in [-0.15, -0.1) is 0 Å². The molecule has 0 aliphatic carbocycles. The molecule has 0 nitrogen and oxygen atoms in total. The molecule has 18 heavy (non-hydrogen) atoms. The van der Waals surface area contributed by atoms with E-state index >= 15 is 0 Å². The van der Waals surface area contributed by atoms with Crippen LogP contribution in [0.1, 0.15) is 29.2 Å². The smallest absolute Gasteiger partial charge is 0.166 e. The van der Waals surface area contributed by atoms with Crippen LogP contribution in [0.25, 0.3) is 0 Å². The Labute approximate surface area is 108 Å². The number of halogens is 7. The SMILES string of the molecule is CCc1cc(CBr)c(C(F)(F)F)c(C(F)(F)F)c1. The molecule has 0 N–H and O–H groups in total. The highest BCUT2D eigenvalue weighted by Gasteiger charge is 2.44.